The fraction of sp³-hybridized carbons (Fsp3) is 0.294. The lowest BCUT2D eigenvalue weighted by atomic mass is 10.1. The third-order valence-electron chi connectivity index (χ3n) is 3.19. The smallest absolute Gasteiger partial charge is 0.161 e. The molecule has 0 bridgehead atoms. The van der Waals surface area contributed by atoms with Gasteiger partial charge in [-0.25, -0.2) is 0 Å². The van der Waals surface area contributed by atoms with Crippen molar-refractivity contribution in [3.63, 3.8) is 0 Å². The van der Waals surface area contributed by atoms with E-state index in [1.54, 1.807) is 14.2 Å². The molecule has 0 radical (unpaired) electrons. The Kier molecular flexibility index (Phi) is 5.46. The van der Waals surface area contributed by atoms with Crippen LogP contribution in [-0.2, 0) is 13.0 Å². The van der Waals surface area contributed by atoms with Crippen molar-refractivity contribution in [2.45, 2.75) is 13.0 Å². The minimum Gasteiger partial charge on any atom is -0.497 e. The number of rotatable bonds is 7. The monoisotopic (exact) mass is 287 g/mol. The Bertz CT molecular complexity index is 584. The molecule has 2 aromatic carbocycles. The summed E-state index contributed by atoms with van der Waals surface area (Å²) in [7, 11) is 3.29. The van der Waals surface area contributed by atoms with E-state index in [1.165, 1.54) is 0 Å². The zero-order valence-electron chi connectivity index (χ0n) is 12.5. The van der Waals surface area contributed by atoms with E-state index in [4.69, 9.17) is 19.9 Å². The SMILES string of the molecule is COc1cccc(COc2ccc(CCN)cc2OC)c1. The molecule has 0 heterocycles. The first-order valence-corrected chi connectivity index (χ1v) is 6.89. The van der Waals surface area contributed by atoms with Crippen LogP contribution < -0.4 is 19.9 Å². The minimum absolute atomic E-state index is 0.462. The van der Waals surface area contributed by atoms with Crippen molar-refractivity contribution < 1.29 is 14.2 Å². The number of methoxy groups -OCH3 is 2. The zero-order valence-corrected chi connectivity index (χ0v) is 12.5. The van der Waals surface area contributed by atoms with E-state index in [0.29, 0.717) is 13.2 Å². The lowest BCUT2D eigenvalue weighted by Gasteiger charge is -2.12. The van der Waals surface area contributed by atoms with Gasteiger partial charge in [0.2, 0.25) is 0 Å². The molecule has 21 heavy (non-hydrogen) atoms. The summed E-state index contributed by atoms with van der Waals surface area (Å²) >= 11 is 0. The van der Waals surface area contributed by atoms with Gasteiger partial charge in [-0.3, -0.25) is 0 Å². The van der Waals surface area contributed by atoms with E-state index < -0.39 is 0 Å². The summed E-state index contributed by atoms with van der Waals surface area (Å²) in [5.74, 6) is 2.27. The maximum atomic E-state index is 5.83. The van der Waals surface area contributed by atoms with Crippen LogP contribution >= 0.6 is 0 Å². The molecule has 0 aliphatic carbocycles. The van der Waals surface area contributed by atoms with Crippen LogP contribution in [0, 0.1) is 0 Å². The van der Waals surface area contributed by atoms with E-state index in [2.05, 4.69) is 0 Å². The number of hydrogen-bond donors (Lipinski definition) is 1. The second-order valence-electron chi connectivity index (χ2n) is 4.66. The number of ether oxygens (including phenoxy) is 3. The molecule has 4 nitrogen and oxygen atoms in total. The van der Waals surface area contributed by atoms with Crippen LogP contribution in [0.25, 0.3) is 0 Å². The number of hydrogen-bond acceptors (Lipinski definition) is 4. The normalized spacial score (nSPS) is 10.2. The van der Waals surface area contributed by atoms with Crippen molar-refractivity contribution in [3.8, 4) is 17.2 Å². The topological polar surface area (TPSA) is 53.7 Å². The second-order valence-corrected chi connectivity index (χ2v) is 4.66. The maximum absolute atomic E-state index is 5.83. The van der Waals surface area contributed by atoms with E-state index in [1.807, 2.05) is 42.5 Å². The minimum atomic E-state index is 0.462. The molecular weight excluding hydrogens is 266 g/mol. The maximum Gasteiger partial charge on any atom is 0.161 e. The van der Waals surface area contributed by atoms with Gasteiger partial charge in [0, 0.05) is 0 Å². The molecule has 0 saturated carbocycles. The van der Waals surface area contributed by atoms with Gasteiger partial charge in [-0.15, -0.1) is 0 Å². The summed E-state index contributed by atoms with van der Waals surface area (Å²) < 4.78 is 16.4. The van der Waals surface area contributed by atoms with Crippen LogP contribution in [0.5, 0.6) is 17.2 Å². The molecule has 0 aliphatic heterocycles. The molecule has 2 aromatic rings. The Morgan fingerprint density at radius 3 is 2.48 bits per heavy atom. The number of nitrogens with two attached hydrogens (primary N) is 1. The second kappa shape index (κ2) is 7.55. The van der Waals surface area contributed by atoms with E-state index in [9.17, 15) is 0 Å². The van der Waals surface area contributed by atoms with Crippen molar-refractivity contribution in [2.24, 2.45) is 5.73 Å². The third-order valence-corrected chi connectivity index (χ3v) is 3.19. The van der Waals surface area contributed by atoms with Crippen LogP contribution in [0.1, 0.15) is 11.1 Å². The van der Waals surface area contributed by atoms with Crippen LogP contribution in [0.15, 0.2) is 42.5 Å². The van der Waals surface area contributed by atoms with E-state index in [0.717, 1.165) is 34.8 Å². The summed E-state index contributed by atoms with van der Waals surface area (Å²) in [6.45, 7) is 1.08. The molecule has 0 aliphatic rings. The molecule has 0 fully saturated rings. The fourth-order valence-corrected chi connectivity index (χ4v) is 2.08. The summed E-state index contributed by atoms with van der Waals surface area (Å²) in [6, 6.07) is 13.7. The first kappa shape index (κ1) is 15.2. The highest BCUT2D eigenvalue weighted by Gasteiger charge is 2.06. The summed E-state index contributed by atoms with van der Waals surface area (Å²) in [5, 5.41) is 0. The van der Waals surface area contributed by atoms with Crippen LogP contribution in [0.4, 0.5) is 0 Å². The van der Waals surface area contributed by atoms with Gasteiger partial charge in [-0.1, -0.05) is 18.2 Å². The average molecular weight is 287 g/mol. The molecule has 2 N–H and O–H groups in total. The first-order chi connectivity index (χ1) is 10.3. The average Bonchev–Trinajstić information content (AvgIpc) is 2.54. The van der Waals surface area contributed by atoms with Crippen molar-refractivity contribution in [2.75, 3.05) is 20.8 Å². The Hall–Kier alpha value is -2.20. The quantitative estimate of drug-likeness (QED) is 0.851. The summed E-state index contributed by atoms with van der Waals surface area (Å²) in [5.41, 5.74) is 7.75. The molecule has 2 rings (SSSR count). The van der Waals surface area contributed by atoms with Crippen LogP contribution in [-0.4, -0.2) is 20.8 Å². The molecule has 0 aromatic heterocycles. The van der Waals surface area contributed by atoms with Gasteiger partial charge in [0.05, 0.1) is 14.2 Å². The first-order valence-electron chi connectivity index (χ1n) is 6.89. The van der Waals surface area contributed by atoms with Crippen molar-refractivity contribution in [3.05, 3.63) is 53.6 Å². The van der Waals surface area contributed by atoms with Crippen LogP contribution in [0.2, 0.25) is 0 Å². The highest BCUT2D eigenvalue weighted by molar-refractivity contribution is 5.43. The Labute approximate surface area is 125 Å². The zero-order chi connectivity index (χ0) is 15.1. The Morgan fingerprint density at radius 1 is 0.905 bits per heavy atom. The molecule has 0 unspecified atom stereocenters. The predicted octanol–water partition coefficient (Wildman–Crippen LogP) is 2.78. The molecule has 0 saturated heterocycles. The van der Waals surface area contributed by atoms with Gasteiger partial charge in [0.15, 0.2) is 11.5 Å². The van der Waals surface area contributed by atoms with Gasteiger partial charge in [0.25, 0.3) is 0 Å². The standard InChI is InChI=1S/C17H21NO3/c1-19-15-5-3-4-14(10-15)12-21-16-7-6-13(8-9-18)11-17(16)20-2/h3-7,10-11H,8-9,12,18H2,1-2H3. The molecule has 0 amide bonds. The van der Waals surface area contributed by atoms with E-state index in [-0.39, 0.29) is 0 Å². The van der Waals surface area contributed by atoms with Gasteiger partial charge in [0.1, 0.15) is 12.4 Å². The predicted molar refractivity (Wildman–Crippen MR) is 83.1 cm³/mol. The summed E-state index contributed by atoms with van der Waals surface area (Å²) in [4.78, 5) is 0. The lowest BCUT2D eigenvalue weighted by molar-refractivity contribution is 0.283. The van der Waals surface area contributed by atoms with Crippen molar-refractivity contribution in [1.82, 2.24) is 0 Å². The molecule has 0 atom stereocenters. The molecule has 4 heteroatoms. The van der Waals surface area contributed by atoms with Crippen molar-refractivity contribution >= 4 is 0 Å². The van der Waals surface area contributed by atoms with Crippen molar-refractivity contribution in [1.29, 1.82) is 0 Å². The largest absolute Gasteiger partial charge is 0.497 e. The fourth-order valence-electron chi connectivity index (χ4n) is 2.08. The third kappa shape index (κ3) is 4.13. The van der Waals surface area contributed by atoms with Crippen LogP contribution in [0.3, 0.4) is 0 Å². The van der Waals surface area contributed by atoms with Gasteiger partial charge < -0.3 is 19.9 Å². The van der Waals surface area contributed by atoms with Gasteiger partial charge in [-0.05, 0) is 48.4 Å². The Balaban J connectivity index is 2.08. The molecular formula is C17H21NO3. The highest BCUT2D eigenvalue weighted by Crippen LogP contribution is 2.29. The Morgan fingerprint density at radius 2 is 1.76 bits per heavy atom. The highest BCUT2D eigenvalue weighted by atomic mass is 16.5. The summed E-state index contributed by atoms with van der Waals surface area (Å²) in [6.07, 6.45) is 0.826. The number of benzene rings is 2. The van der Waals surface area contributed by atoms with E-state index >= 15 is 0 Å². The van der Waals surface area contributed by atoms with Gasteiger partial charge in [-0.2, -0.15) is 0 Å². The molecule has 0 spiro atoms. The lowest BCUT2D eigenvalue weighted by Crippen LogP contribution is -2.03. The molecule has 112 valence electrons. The van der Waals surface area contributed by atoms with Gasteiger partial charge >= 0.3 is 0 Å².